The summed E-state index contributed by atoms with van der Waals surface area (Å²) in [6.07, 6.45) is 5.48. The van der Waals surface area contributed by atoms with Crippen LogP contribution in [0.4, 0.5) is 0 Å². The second-order valence-corrected chi connectivity index (χ2v) is 6.58. The van der Waals surface area contributed by atoms with Crippen LogP contribution in [-0.4, -0.2) is 24.0 Å². The number of carbonyl (C=O) groups is 1. The van der Waals surface area contributed by atoms with Gasteiger partial charge in [0.2, 0.25) is 5.91 Å². The third-order valence-corrected chi connectivity index (χ3v) is 4.35. The van der Waals surface area contributed by atoms with Crippen molar-refractivity contribution in [3.05, 3.63) is 57.6 Å². The zero-order chi connectivity index (χ0) is 16.2. The number of rotatable bonds is 6. The first kappa shape index (κ1) is 16.1. The highest BCUT2D eigenvalue weighted by molar-refractivity contribution is 14.1. The molecule has 0 radical (unpaired) electrons. The zero-order valence-electron chi connectivity index (χ0n) is 12.9. The summed E-state index contributed by atoms with van der Waals surface area (Å²) in [5, 5.41) is 0. The van der Waals surface area contributed by atoms with Crippen molar-refractivity contribution in [2.45, 2.75) is 25.4 Å². The van der Waals surface area contributed by atoms with E-state index in [2.05, 4.69) is 22.6 Å². The Balaban J connectivity index is 1.68. The molecule has 0 unspecified atom stereocenters. The van der Waals surface area contributed by atoms with Crippen LogP contribution in [0, 0.1) is 3.77 Å². The largest absolute Gasteiger partial charge is 0.497 e. The normalized spacial score (nSPS) is 14.2. The van der Waals surface area contributed by atoms with E-state index in [0.717, 1.165) is 27.9 Å². The maximum atomic E-state index is 12.5. The lowest BCUT2D eigenvalue weighted by molar-refractivity contribution is -0.127. The maximum absolute atomic E-state index is 12.5. The molecule has 0 N–H and O–H groups in total. The van der Waals surface area contributed by atoms with Gasteiger partial charge >= 0.3 is 0 Å². The summed E-state index contributed by atoms with van der Waals surface area (Å²) in [6, 6.07) is 11.9. The third kappa shape index (κ3) is 4.37. The quantitative estimate of drug-likeness (QED) is 0.519. The molecule has 3 rings (SSSR count). The van der Waals surface area contributed by atoms with Gasteiger partial charge < -0.3 is 14.1 Å². The minimum Gasteiger partial charge on any atom is -0.497 e. The minimum absolute atomic E-state index is 0.0229. The molecule has 0 atom stereocenters. The smallest absolute Gasteiger partial charge is 0.247 e. The summed E-state index contributed by atoms with van der Waals surface area (Å²) in [7, 11) is 1.65. The Morgan fingerprint density at radius 3 is 2.61 bits per heavy atom. The predicted octanol–water partition coefficient (Wildman–Crippen LogP) is 4.10. The molecular formula is C18H18INO3. The molecule has 0 spiro atoms. The molecule has 1 aliphatic carbocycles. The van der Waals surface area contributed by atoms with Gasteiger partial charge in [-0.2, -0.15) is 0 Å². The Kier molecular flexibility index (Phi) is 5.05. The number of furan rings is 1. The SMILES string of the molecule is COc1ccc(CN(C(=O)/C=C/c2ccc(I)o2)C2CC2)cc1. The first-order valence-electron chi connectivity index (χ1n) is 7.52. The second-order valence-electron chi connectivity index (χ2n) is 5.52. The van der Waals surface area contributed by atoms with E-state index in [4.69, 9.17) is 9.15 Å². The fourth-order valence-electron chi connectivity index (χ4n) is 2.37. The molecule has 1 amide bonds. The maximum Gasteiger partial charge on any atom is 0.247 e. The van der Waals surface area contributed by atoms with Gasteiger partial charge in [-0.15, -0.1) is 0 Å². The van der Waals surface area contributed by atoms with Crippen LogP contribution in [0.3, 0.4) is 0 Å². The van der Waals surface area contributed by atoms with Crippen LogP contribution in [0.5, 0.6) is 5.75 Å². The average Bonchev–Trinajstić information content (AvgIpc) is 3.32. The van der Waals surface area contributed by atoms with Gasteiger partial charge in [0.15, 0.2) is 3.77 Å². The van der Waals surface area contributed by atoms with E-state index in [1.165, 1.54) is 0 Å². The molecule has 0 bridgehead atoms. The number of amides is 1. The van der Waals surface area contributed by atoms with Crippen LogP contribution in [0.2, 0.25) is 0 Å². The van der Waals surface area contributed by atoms with Crippen molar-refractivity contribution in [2.75, 3.05) is 7.11 Å². The fraction of sp³-hybridized carbons (Fsp3) is 0.278. The Hall–Kier alpha value is -1.76. The predicted molar refractivity (Wildman–Crippen MR) is 97.0 cm³/mol. The number of benzene rings is 1. The number of methoxy groups -OCH3 is 1. The lowest BCUT2D eigenvalue weighted by Gasteiger charge is -2.21. The van der Waals surface area contributed by atoms with Crippen molar-refractivity contribution in [3.8, 4) is 5.75 Å². The van der Waals surface area contributed by atoms with Crippen molar-refractivity contribution in [1.29, 1.82) is 0 Å². The molecule has 1 heterocycles. The molecule has 1 aromatic carbocycles. The van der Waals surface area contributed by atoms with Crippen molar-refractivity contribution in [1.82, 2.24) is 4.90 Å². The van der Waals surface area contributed by atoms with Crippen molar-refractivity contribution < 1.29 is 13.9 Å². The molecule has 2 aromatic rings. The molecule has 1 fully saturated rings. The summed E-state index contributed by atoms with van der Waals surface area (Å²) >= 11 is 2.11. The standard InChI is InChI=1S/C18H18INO3/c1-22-15-6-2-13(3-7-15)12-20(14-4-5-14)18(21)11-9-16-8-10-17(19)23-16/h2-3,6-11,14H,4-5,12H2,1H3/b11-9+. The number of halogens is 1. The summed E-state index contributed by atoms with van der Waals surface area (Å²) in [5.74, 6) is 1.54. The van der Waals surface area contributed by atoms with E-state index in [1.807, 2.05) is 41.3 Å². The van der Waals surface area contributed by atoms with Crippen LogP contribution >= 0.6 is 22.6 Å². The van der Waals surface area contributed by atoms with Gasteiger partial charge in [0, 0.05) is 18.7 Å². The first-order valence-corrected chi connectivity index (χ1v) is 8.60. The van der Waals surface area contributed by atoms with Crippen LogP contribution in [0.15, 0.2) is 46.9 Å². The lowest BCUT2D eigenvalue weighted by atomic mass is 10.2. The zero-order valence-corrected chi connectivity index (χ0v) is 15.0. The Morgan fingerprint density at radius 2 is 2.04 bits per heavy atom. The Morgan fingerprint density at radius 1 is 1.30 bits per heavy atom. The molecule has 23 heavy (non-hydrogen) atoms. The van der Waals surface area contributed by atoms with E-state index in [1.54, 1.807) is 19.3 Å². The summed E-state index contributed by atoms with van der Waals surface area (Å²) < 4.78 is 11.4. The first-order chi connectivity index (χ1) is 11.2. The van der Waals surface area contributed by atoms with Gasteiger partial charge in [0.05, 0.1) is 7.11 Å². The van der Waals surface area contributed by atoms with Gasteiger partial charge in [-0.3, -0.25) is 4.79 Å². The highest BCUT2D eigenvalue weighted by Crippen LogP contribution is 2.29. The van der Waals surface area contributed by atoms with Gasteiger partial charge in [-0.05, 0) is 71.3 Å². The number of nitrogens with zero attached hydrogens (tertiary/aromatic N) is 1. The number of carbonyl (C=O) groups excluding carboxylic acids is 1. The van der Waals surface area contributed by atoms with E-state index in [9.17, 15) is 4.79 Å². The Labute approximate surface area is 149 Å². The Bertz CT molecular complexity index is 701. The van der Waals surface area contributed by atoms with Crippen LogP contribution < -0.4 is 4.74 Å². The van der Waals surface area contributed by atoms with E-state index < -0.39 is 0 Å². The average molecular weight is 423 g/mol. The molecule has 1 saturated carbocycles. The number of ether oxygens (including phenoxy) is 1. The number of hydrogen-bond acceptors (Lipinski definition) is 3. The van der Waals surface area contributed by atoms with Gasteiger partial charge in [-0.25, -0.2) is 0 Å². The summed E-state index contributed by atoms with van der Waals surface area (Å²) in [5.41, 5.74) is 1.10. The summed E-state index contributed by atoms with van der Waals surface area (Å²) in [6.45, 7) is 0.619. The summed E-state index contributed by atoms with van der Waals surface area (Å²) in [4.78, 5) is 14.4. The van der Waals surface area contributed by atoms with Crippen LogP contribution in [-0.2, 0) is 11.3 Å². The van der Waals surface area contributed by atoms with Gasteiger partial charge in [0.1, 0.15) is 11.5 Å². The topological polar surface area (TPSA) is 42.7 Å². The molecule has 1 aromatic heterocycles. The highest BCUT2D eigenvalue weighted by atomic mass is 127. The van der Waals surface area contributed by atoms with Gasteiger partial charge in [-0.1, -0.05) is 12.1 Å². The number of hydrogen-bond donors (Lipinski definition) is 0. The minimum atomic E-state index is 0.0229. The van der Waals surface area contributed by atoms with Crippen LogP contribution in [0.25, 0.3) is 6.08 Å². The van der Waals surface area contributed by atoms with Crippen molar-refractivity contribution in [2.24, 2.45) is 0 Å². The van der Waals surface area contributed by atoms with Crippen LogP contribution in [0.1, 0.15) is 24.2 Å². The van der Waals surface area contributed by atoms with E-state index >= 15 is 0 Å². The van der Waals surface area contributed by atoms with Crippen molar-refractivity contribution >= 4 is 34.6 Å². The van der Waals surface area contributed by atoms with E-state index in [-0.39, 0.29) is 5.91 Å². The molecular weight excluding hydrogens is 405 g/mol. The molecule has 5 heteroatoms. The molecule has 1 aliphatic rings. The molecule has 120 valence electrons. The fourth-order valence-corrected chi connectivity index (χ4v) is 2.80. The molecule has 0 saturated heterocycles. The highest BCUT2D eigenvalue weighted by Gasteiger charge is 2.31. The molecule has 4 nitrogen and oxygen atoms in total. The third-order valence-electron chi connectivity index (χ3n) is 3.77. The van der Waals surface area contributed by atoms with Crippen molar-refractivity contribution in [3.63, 3.8) is 0 Å². The second kappa shape index (κ2) is 7.21. The lowest BCUT2D eigenvalue weighted by Crippen LogP contribution is -2.31. The monoisotopic (exact) mass is 423 g/mol. The molecule has 0 aliphatic heterocycles. The van der Waals surface area contributed by atoms with Gasteiger partial charge in [0.25, 0.3) is 0 Å². The van der Waals surface area contributed by atoms with E-state index in [0.29, 0.717) is 18.3 Å².